The molecule has 1 aromatic carbocycles. The van der Waals surface area contributed by atoms with Crippen molar-refractivity contribution in [1.82, 2.24) is 10.3 Å². The van der Waals surface area contributed by atoms with Crippen molar-refractivity contribution in [2.45, 2.75) is 45.6 Å². The molecule has 0 radical (unpaired) electrons. The van der Waals surface area contributed by atoms with E-state index in [2.05, 4.69) is 48.4 Å². The molecule has 1 aliphatic rings. The highest BCUT2D eigenvalue weighted by Gasteiger charge is 2.16. The third-order valence-corrected chi connectivity index (χ3v) is 4.49. The Bertz CT molecular complexity index is 619. The number of nitrogens with one attached hydrogen (secondary N) is 1. The summed E-state index contributed by atoms with van der Waals surface area (Å²) >= 11 is 0. The number of aryl methyl sites for hydroxylation is 3. The molecule has 0 saturated heterocycles. The first-order valence-electron chi connectivity index (χ1n) is 8.02. The first-order chi connectivity index (χ1) is 10.3. The van der Waals surface area contributed by atoms with Crippen LogP contribution in [0.2, 0.25) is 0 Å². The number of hydrogen-bond acceptors (Lipinski definition) is 2. The molecule has 0 fully saturated rings. The molecule has 2 nitrogen and oxygen atoms in total. The molecule has 0 amide bonds. The highest BCUT2D eigenvalue weighted by molar-refractivity contribution is 5.36. The molecule has 21 heavy (non-hydrogen) atoms. The second-order valence-electron chi connectivity index (χ2n) is 6.00. The third kappa shape index (κ3) is 3.16. The average molecular weight is 280 g/mol. The first kappa shape index (κ1) is 14.3. The summed E-state index contributed by atoms with van der Waals surface area (Å²) in [5.41, 5.74) is 7.20. The van der Waals surface area contributed by atoms with E-state index in [-0.39, 0.29) is 0 Å². The van der Waals surface area contributed by atoms with E-state index in [4.69, 9.17) is 0 Å². The zero-order valence-corrected chi connectivity index (χ0v) is 13.0. The fourth-order valence-electron chi connectivity index (χ4n) is 3.40. The number of fused-ring (bicyclic) bond motifs is 1. The fraction of sp³-hybridized carbons (Fsp3) is 0.421. The molecule has 1 aliphatic carbocycles. The molecule has 3 rings (SSSR count). The molecule has 1 unspecified atom stereocenters. The quantitative estimate of drug-likeness (QED) is 0.901. The van der Waals surface area contributed by atoms with Gasteiger partial charge >= 0.3 is 0 Å². The van der Waals surface area contributed by atoms with Gasteiger partial charge < -0.3 is 5.32 Å². The van der Waals surface area contributed by atoms with Gasteiger partial charge in [-0.25, -0.2) is 0 Å². The second-order valence-corrected chi connectivity index (χ2v) is 6.00. The number of pyridine rings is 1. The molecular weight excluding hydrogens is 256 g/mol. The van der Waals surface area contributed by atoms with Crippen LogP contribution in [0.25, 0.3) is 0 Å². The van der Waals surface area contributed by atoms with Crippen LogP contribution in [0.1, 0.15) is 47.2 Å². The predicted molar refractivity (Wildman–Crippen MR) is 87.6 cm³/mol. The fourth-order valence-corrected chi connectivity index (χ4v) is 3.40. The van der Waals surface area contributed by atoms with Gasteiger partial charge in [-0.1, -0.05) is 25.1 Å². The lowest BCUT2D eigenvalue weighted by Gasteiger charge is -2.20. The van der Waals surface area contributed by atoms with Gasteiger partial charge in [-0.05, 0) is 73.0 Å². The largest absolute Gasteiger partial charge is 0.310 e. The van der Waals surface area contributed by atoms with Crippen molar-refractivity contribution in [3.05, 3.63) is 64.5 Å². The molecular formula is C19H24N2. The van der Waals surface area contributed by atoms with Gasteiger partial charge in [0.1, 0.15) is 0 Å². The summed E-state index contributed by atoms with van der Waals surface area (Å²) in [4.78, 5) is 4.21. The Morgan fingerprint density at radius 2 is 2.05 bits per heavy atom. The van der Waals surface area contributed by atoms with Crippen LogP contribution in [0, 0.1) is 6.92 Å². The topological polar surface area (TPSA) is 24.9 Å². The molecule has 1 atom stereocenters. The number of benzene rings is 1. The van der Waals surface area contributed by atoms with E-state index in [0.29, 0.717) is 6.04 Å². The van der Waals surface area contributed by atoms with Crippen molar-refractivity contribution >= 4 is 0 Å². The van der Waals surface area contributed by atoms with E-state index < -0.39 is 0 Å². The van der Waals surface area contributed by atoms with E-state index in [1.54, 1.807) is 11.1 Å². The molecule has 1 aromatic heterocycles. The van der Waals surface area contributed by atoms with E-state index in [1.165, 1.54) is 36.0 Å². The number of likely N-dealkylation sites (N-methyl/N-ethyl adjacent to an activating group) is 1. The summed E-state index contributed by atoms with van der Waals surface area (Å²) in [6.07, 6.45) is 8.74. The Kier molecular flexibility index (Phi) is 4.35. The zero-order chi connectivity index (χ0) is 14.7. The molecule has 1 N–H and O–H groups in total. The summed E-state index contributed by atoms with van der Waals surface area (Å²) in [5.74, 6) is 0. The van der Waals surface area contributed by atoms with E-state index in [0.717, 1.165) is 13.0 Å². The Labute approximate surface area is 127 Å². The number of nitrogens with zero attached hydrogens (tertiary/aromatic N) is 1. The van der Waals surface area contributed by atoms with E-state index in [9.17, 15) is 0 Å². The lowest BCUT2D eigenvalue weighted by molar-refractivity contribution is 0.546. The van der Waals surface area contributed by atoms with Gasteiger partial charge in [-0.2, -0.15) is 0 Å². The molecule has 0 saturated carbocycles. The average Bonchev–Trinajstić information content (AvgIpc) is 2.95. The molecule has 0 spiro atoms. The van der Waals surface area contributed by atoms with Crippen molar-refractivity contribution in [3.8, 4) is 0 Å². The van der Waals surface area contributed by atoms with Crippen LogP contribution in [0.3, 0.4) is 0 Å². The van der Waals surface area contributed by atoms with Crippen LogP contribution in [-0.4, -0.2) is 11.5 Å². The predicted octanol–water partition coefficient (Wildman–Crippen LogP) is 3.77. The van der Waals surface area contributed by atoms with Gasteiger partial charge in [0.05, 0.1) is 0 Å². The van der Waals surface area contributed by atoms with Crippen LogP contribution in [-0.2, 0) is 19.3 Å². The maximum absolute atomic E-state index is 4.21. The Morgan fingerprint density at radius 1 is 1.19 bits per heavy atom. The molecule has 1 heterocycles. The van der Waals surface area contributed by atoms with Crippen molar-refractivity contribution < 1.29 is 0 Å². The molecule has 0 bridgehead atoms. The highest BCUT2D eigenvalue weighted by Crippen LogP contribution is 2.26. The third-order valence-electron chi connectivity index (χ3n) is 4.49. The molecule has 2 heteroatoms. The molecule has 110 valence electrons. The van der Waals surface area contributed by atoms with Crippen molar-refractivity contribution in [2.24, 2.45) is 0 Å². The van der Waals surface area contributed by atoms with Crippen LogP contribution in [0.15, 0.2) is 36.7 Å². The van der Waals surface area contributed by atoms with Gasteiger partial charge in [-0.15, -0.1) is 0 Å². The number of rotatable bonds is 5. The number of aromatic nitrogens is 1. The Morgan fingerprint density at radius 3 is 2.86 bits per heavy atom. The summed E-state index contributed by atoms with van der Waals surface area (Å²) < 4.78 is 0. The molecule has 0 aliphatic heterocycles. The first-order valence-corrected chi connectivity index (χ1v) is 8.02. The minimum atomic E-state index is 0.373. The lowest BCUT2D eigenvalue weighted by Crippen LogP contribution is -2.23. The summed E-state index contributed by atoms with van der Waals surface area (Å²) in [7, 11) is 0. The monoisotopic (exact) mass is 280 g/mol. The SMILES string of the molecule is CCNC(Cc1ccc2c(c1)CCC2)c1ccncc1C. The van der Waals surface area contributed by atoms with Gasteiger partial charge in [0.2, 0.25) is 0 Å². The smallest absolute Gasteiger partial charge is 0.0364 e. The minimum Gasteiger partial charge on any atom is -0.310 e. The highest BCUT2D eigenvalue weighted by atomic mass is 14.9. The summed E-state index contributed by atoms with van der Waals surface area (Å²) in [6, 6.07) is 9.59. The summed E-state index contributed by atoms with van der Waals surface area (Å²) in [6.45, 7) is 5.30. The van der Waals surface area contributed by atoms with Crippen LogP contribution in [0.5, 0.6) is 0 Å². The maximum Gasteiger partial charge on any atom is 0.0364 e. The van der Waals surface area contributed by atoms with Crippen LogP contribution >= 0.6 is 0 Å². The van der Waals surface area contributed by atoms with E-state index in [1.807, 2.05) is 12.4 Å². The summed E-state index contributed by atoms with van der Waals surface area (Å²) in [5, 5.41) is 3.63. The maximum atomic E-state index is 4.21. The standard InChI is InChI=1S/C19H24N2/c1-3-21-19(18-9-10-20-13-14(18)2)12-15-7-8-16-5-4-6-17(16)11-15/h7-11,13,19,21H,3-6,12H2,1-2H3. The van der Waals surface area contributed by atoms with Crippen molar-refractivity contribution in [2.75, 3.05) is 6.54 Å². The van der Waals surface area contributed by atoms with Crippen LogP contribution < -0.4 is 5.32 Å². The molecule has 2 aromatic rings. The van der Waals surface area contributed by atoms with Gasteiger partial charge in [-0.3, -0.25) is 4.98 Å². The van der Waals surface area contributed by atoms with Crippen molar-refractivity contribution in [1.29, 1.82) is 0 Å². The van der Waals surface area contributed by atoms with Crippen molar-refractivity contribution in [3.63, 3.8) is 0 Å². The van der Waals surface area contributed by atoms with Gasteiger partial charge in [0.25, 0.3) is 0 Å². The zero-order valence-electron chi connectivity index (χ0n) is 13.0. The van der Waals surface area contributed by atoms with Gasteiger partial charge in [0, 0.05) is 18.4 Å². The second kappa shape index (κ2) is 6.40. The van der Waals surface area contributed by atoms with Crippen LogP contribution in [0.4, 0.5) is 0 Å². The Balaban J connectivity index is 1.84. The minimum absolute atomic E-state index is 0.373. The van der Waals surface area contributed by atoms with Gasteiger partial charge in [0.15, 0.2) is 0 Å². The number of hydrogen-bond donors (Lipinski definition) is 1. The Hall–Kier alpha value is -1.67. The van der Waals surface area contributed by atoms with E-state index >= 15 is 0 Å². The lowest BCUT2D eigenvalue weighted by atomic mass is 9.95. The normalized spacial score (nSPS) is 15.0.